The lowest BCUT2D eigenvalue weighted by Crippen LogP contribution is -2.59. The molecular weight excluding hydrogens is 162 g/mol. The van der Waals surface area contributed by atoms with E-state index in [9.17, 15) is 0 Å². The second-order valence-corrected chi connectivity index (χ2v) is 5.11. The van der Waals surface area contributed by atoms with Crippen LogP contribution >= 0.6 is 0 Å². The van der Waals surface area contributed by atoms with E-state index in [4.69, 9.17) is 4.74 Å². The summed E-state index contributed by atoms with van der Waals surface area (Å²) in [5.41, 5.74) is 0.516. The molecule has 2 aliphatic heterocycles. The molecule has 0 saturated carbocycles. The summed E-state index contributed by atoms with van der Waals surface area (Å²) in [6.07, 6.45) is 1.35. The molecule has 0 aromatic heterocycles. The molecule has 2 nitrogen and oxygen atoms in total. The van der Waals surface area contributed by atoms with E-state index in [-0.39, 0.29) is 0 Å². The van der Waals surface area contributed by atoms with E-state index in [0.29, 0.717) is 11.5 Å². The average molecular weight is 183 g/mol. The first-order chi connectivity index (χ1) is 6.14. The van der Waals surface area contributed by atoms with E-state index < -0.39 is 0 Å². The number of rotatable bonds is 1. The Morgan fingerprint density at radius 3 is 2.54 bits per heavy atom. The third-order valence-corrected chi connectivity index (χ3v) is 3.92. The largest absolute Gasteiger partial charge is 0.380 e. The van der Waals surface area contributed by atoms with Gasteiger partial charge in [0.2, 0.25) is 0 Å². The van der Waals surface area contributed by atoms with Gasteiger partial charge in [0.25, 0.3) is 0 Å². The van der Waals surface area contributed by atoms with Crippen molar-refractivity contribution in [2.24, 2.45) is 11.3 Å². The third kappa shape index (κ3) is 1.50. The fourth-order valence-electron chi connectivity index (χ4n) is 2.49. The van der Waals surface area contributed by atoms with E-state index >= 15 is 0 Å². The summed E-state index contributed by atoms with van der Waals surface area (Å²) in [6, 6.07) is 0.699. The van der Waals surface area contributed by atoms with Crippen molar-refractivity contribution in [3.05, 3.63) is 0 Å². The van der Waals surface area contributed by atoms with Gasteiger partial charge >= 0.3 is 0 Å². The van der Waals surface area contributed by atoms with Gasteiger partial charge in [0, 0.05) is 18.0 Å². The third-order valence-electron chi connectivity index (χ3n) is 3.92. The fourth-order valence-corrected chi connectivity index (χ4v) is 2.49. The van der Waals surface area contributed by atoms with Crippen molar-refractivity contribution in [2.45, 2.75) is 33.2 Å². The highest BCUT2D eigenvalue weighted by molar-refractivity contribution is 4.96. The van der Waals surface area contributed by atoms with Crippen LogP contribution in [0.25, 0.3) is 0 Å². The van der Waals surface area contributed by atoms with Crippen molar-refractivity contribution in [2.75, 3.05) is 26.3 Å². The number of hydrogen-bond donors (Lipinski definition) is 0. The molecule has 2 heterocycles. The molecule has 0 aromatic carbocycles. The Hall–Kier alpha value is -0.0800. The highest BCUT2D eigenvalue weighted by Gasteiger charge is 2.47. The first-order valence-electron chi connectivity index (χ1n) is 5.46. The zero-order chi connectivity index (χ0) is 9.47. The molecule has 0 N–H and O–H groups in total. The zero-order valence-corrected chi connectivity index (χ0v) is 9.05. The minimum Gasteiger partial charge on any atom is -0.380 e. The van der Waals surface area contributed by atoms with Gasteiger partial charge in [0.15, 0.2) is 0 Å². The van der Waals surface area contributed by atoms with Crippen LogP contribution in [-0.4, -0.2) is 37.2 Å². The molecule has 2 saturated heterocycles. The fraction of sp³-hybridized carbons (Fsp3) is 1.00. The maximum absolute atomic E-state index is 5.39. The lowest BCUT2D eigenvalue weighted by atomic mass is 9.70. The maximum Gasteiger partial charge on any atom is 0.0559 e. The van der Waals surface area contributed by atoms with Crippen molar-refractivity contribution in [1.29, 1.82) is 0 Å². The highest BCUT2D eigenvalue weighted by atomic mass is 16.5. The molecule has 1 atom stereocenters. The van der Waals surface area contributed by atoms with Crippen LogP contribution in [0.2, 0.25) is 0 Å². The molecule has 76 valence electrons. The van der Waals surface area contributed by atoms with Gasteiger partial charge in [-0.15, -0.1) is 0 Å². The van der Waals surface area contributed by atoms with Crippen LogP contribution < -0.4 is 0 Å². The standard InChI is InChI=1S/C11H21NO/c1-9(2)12-5-4-10(3)11(6-12)7-13-8-11/h9-10H,4-8H2,1-3H3. The number of ether oxygens (including phenoxy) is 1. The summed E-state index contributed by atoms with van der Waals surface area (Å²) >= 11 is 0. The summed E-state index contributed by atoms with van der Waals surface area (Å²) in [6.45, 7) is 11.5. The normalized spacial score (nSPS) is 33.7. The molecule has 2 rings (SSSR count). The van der Waals surface area contributed by atoms with E-state index in [1.54, 1.807) is 0 Å². The van der Waals surface area contributed by atoms with Crippen LogP contribution in [0.4, 0.5) is 0 Å². The molecule has 2 heteroatoms. The molecule has 1 unspecified atom stereocenters. The Balaban J connectivity index is 2.01. The van der Waals surface area contributed by atoms with Crippen molar-refractivity contribution >= 4 is 0 Å². The van der Waals surface area contributed by atoms with Gasteiger partial charge < -0.3 is 9.64 Å². The SMILES string of the molecule is CC(C)N1CCC(C)C2(COC2)C1. The van der Waals surface area contributed by atoms with Crippen LogP contribution in [0.15, 0.2) is 0 Å². The van der Waals surface area contributed by atoms with Crippen LogP contribution in [0.3, 0.4) is 0 Å². The maximum atomic E-state index is 5.39. The van der Waals surface area contributed by atoms with Crippen molar-refractivity contribution in [1.82, 2.24) is 4.90 Å². The lowest BCUT2D eigenvalue weighted by Gasteiger charge is -2.53. The molecule has 0 radical (unpaired) electrons. The quantitative estimate of drug-likeness (QED) is 0.614. The van der Waals surface area contributed by atoms with Crippen molar-refractivity contribution in [3.63, 3.8) is 0 Å². The monoisotopic (exact) mass is 183 g/mol. The van der Waals surface area contributed by atoms with Crippen LogP contribution in [0, 0.1) is 11.3 Å². The van der Waals surface area contributed by atoms with Gasteiger partial charge in [-0.1, -0.05) is 6.92 Å². The van der Waals surface area contributed by atoms with Crippen LogP contribution in [0.5, 0.6) is 0 Å². The van der Waals surface area contributed by atoms with Crippen LogP contribution in [-0.2, 0) is 4.74 Å². The summed E-state index contributed by atoms with van der Waals surface area (Å²) in [5.74, 6) is 0.858. The Bertz CT molecular complexity index is 187. The summed E-state index contributed by atoms with van der Waals surface area (Å²) in [5, 5.41) is 0. The Morgan fingerprint density at radius 2 is 2.08 bits per heavy atom. The molecule has 0 bridgehead atoms. The second kappa shape index (κ2) is 3.25. The summed E-state index contributed by atoms with van der Waals surface area (Å²) in [4.78, 5) is 2.60. The van der Waals surface area contributed by atoms with Gasteiger partial charge in [-0.3, -0.25) is 0 Å². The number of hydrogen-bond acceptors (Lipinski definition) is 2. The minimum absolute atomic E-state index is 0.516. The minimum atomic E-state index is 0.516. The summed E-state index contributed by atoms with van der Waals surface area (Å²) in [7, 11) is 0. The Labute approximate surface area is 81.3 Å². The van der Waals surface area contributed by atoms with Gasteiger partial charge in [0.1, 0.15) is 0 Å². The van der Waals surface area contributed by atoms with Gasteiger partial charge in [-0.2, -0.15) is 0 Å². The van der Waals surface area contributed by atoms with E-state index in [1.165, 1.54) is 19.5 Å². The Kier molecular flexibility index (Phi) is 2.37. The second-order valence-electron chi connectivity index (χ2n) is 5.11. The molecule has 0 aromatic rings. The van der Waals surface area contributed by atoms with Crippen molar-refractivity contribution < 1.29 is 4.74 Å². The summed E-state index contributed by atoms with van der Waals surface area (Å²) < 4.78 is 5.39. The van der Waals surface area contributed by atoms with Crippen molar-refractivity contribution in [3.8, 4) is 0 Å². The predicted molar refractivity (Wildman–Crippen MR) is 53.7 cm³/mol. The Morgan fingerprint density at radius 1 is 1.38 bits per heavy atom. The molecule has 0 aliphatic carbocycles. The highest BCUT2D eigenvalue weighted by Crippen LogP contribution is 2.41. The van der Waals surface area contributed by atoms with Gasteiger partial charge in [-0.05, 0) is 32.7 Å². The average Bonchev–Trinajstić information content (AvgIpc) is 2.02. The molecule has 0 amide bonds. The molecule has 2 aliphatic rings. The molecular formula is C11H21NO. The van der Waals surface area contributed by atoms with Gasteiger partial charge in [0.05, 0.1) is 13.2 Å². The van der Waals surface area contributed by atoms with E-state index in [0.717, 1.165) is 19.1 Å². The molecule has 13 heavy (non-hydrogen) atoms. The zero-order valence-electron chi connectivity index (χ0n) is 9.05. The smallest absolute Gasteiger partial charge is 0.0559 e. The number of likely N-dealkylation sites (tertiary alicyclic amines) is 1. The first kappa shape index (κ1) is 9.47. The van der Waals surface area contributed by atoms with E-state index in [2.05, 4.69) is 25.7 Å². The molecule has 2 fully saturated rings. The van der Waals surface area contributed by atoms with E-state index in [1.807, 2.05) is 0 Å². The van der Waals surface area contributed by atoms with Gasteiger partial charge in [-0.25, -0.2) is 0 Å². The lowest BCUT2D eigenvalue weighted by molar-refractivity contribution is -0.174. The number of nitrogens with zero attached hydrogens (tertiary/aromatic N) is 1. The topological polar surface area (TPSA) is 12.5 Å². The number of piperidine rings is 1. The predicted octanol–water partition coefficient (Wildman–Crippen LogP) is 1.75. The first-order valence-corrected chi connectivity index (χ1v) is 5.46. The van der Waals surface area contributed by atoms with Crippen LogP contribution in [0.1, 0.15) is 27.2 Å². The molecule has 1 spiro atoms.